The van der Waals surface area contributed by atoms with Crippen LogP contribution >= 0.6 is 23.2 Å². The molecule has 2 aromatic heterocycles. The summed E-state index contributed by atoms with van der Waals surface area (Å²) >= 11 is 13.0. The van der Waals surface area contributed by atoms with Crippen molar-refractivity contribution in [2.45, 2.75) is 50.5 Å². The number of nitrogens with one attached hydrogen (secondary N) is 1. The average Bonchev–Trinajstić information content (AvgIpc) is 3.05. The number of halogens is 3. The van der Waals surface area contributed by atoms with Gasteiger partial charge in [0.05, 0.1) is 48.8 Å². The minimum absolute atomic E-state index is 0.241. The Morgan fingerprint density at radius 1 is 1.26 bits per heavy atom. The number of alkyl halides is 1. The molecule has 2 aliphatic heterocycles. The standard InChI is InChI=1S/C23H27Cl2FN6O2/c1-23(2,33)12-32-21(25)20(8-28-32)30-22-27-7-13-5-17(24)16(6-19(13)29-22)15-3-4-31(9-18(15)26)14-10-34-11-14/h5-8,14-15,18,33H,3-4,9-12H2,1-2H3,(H,27,29,30)/t15-,18+/m1/s1. The van der Waals surface area contributed by atoms with E-state index < -0.39 is 11.8 Å². The fourth-order valence-electron chi connectivity index (χ4n) is 4.51. The second-order valence-electron chi connectivity index (χ2n) is 9.67. The molecular weight excluding hydrogens is 482 g/mol. The Morgan fingerprint density at radius 3 is 2.74 bits per heavy atom. The van der Waals surface area contributed by atoms with Crippen molar-refractivity contribution in [3.63, 3.8) is 0 Å². The maximum atomic E-state index is 15.2. The predicted molar refractivity (Wildman–Crippen MR) is 130 cm³/mol. The molecule has 1 aromatic carbocycles. The van der Waals surface area contributed by atoms with Gasteiger partial charge < -0.3 is 15.2 Å². The maximum Gasteiger partial charge on any atom is 0.227 e. The minimum Gasteiger partial charge on any atom is -0.389 e. The maximum absolute atomic E-state index is 15.2. The smallest absolute Gasteiger partial charge is 0.227 e. The first-order valence-electron chi connectivity index (χ1n) is 11.3. The number of anilines is 2. The third-order valence-corrected chi connectivity index (χ3v) is 7.09. The largest absolute Gasteiger partial charge is 0.389 e. The zero-order valence-electron chi connectivity index (χ0n) is 19.0. The molecule has 8 nitrogen and oxygen atoms in total. The van der Waals surface area contributed by atoms with Crippen LogP contribution in [0.1, 0.15) is 31.7 Å². The Bertz CT molecular complexity index is 1200. The first-order chi connectivity index (χ1) is 16.2. The molecule has 0 unspecified atom stereocenters. The molecule has 0 amide bonds. The summed E-state index contributed by atoms with van der Waals surface area (Å²) in [6.45, 7) is 6.17. The highest BCUT2D eigenvalue weighted by molar-refractivity contribution is 6.32. The number of aromatic nitrogens is 4. The summed E-state index contributed by atoms with van der Waals surface area (Å²) in [6, 6.07) is 3.99. The van der Waals surface area contributed by atoms with E-state index in [-0.39, 0.29) is 12.5 Å². The van der Waals surface area contributed by atoms with E-state index in [0.717, 1.165) is 17.5 Å². The number of likely N-dealkylation sites (tertiary alicyclic amines) is 1. The lowest BCUT2D eigenvalue weighted by Crippen LogP contribution is -2.54. The van der Waals surface area contributed by atoms with Gasteiger partial charge in [0.2, 0.25) is 5.95 Å². The Balaban J connectivity index is 1.37. The number of rotatable bonds is 6. The van der Waals surface area contributed by atoms with Crippen LogP contribution in [0.5, 0.6) is 0 Å². The van der Waals surface area contributed by atoms with Crippen LogP contribution in [0.3, 0.4) is 0 Å². The Morgan fingerprint density at radius 2 is 2.06 bits per heavy atom. The number of piperidine rings is 1. The summed E-state index contributed by atoms with van der Waals surface area (Å²) in [7, 11) is 0. The fraction of sp³-hybridized carbons (Fsp3) is 0.522. The lowest BCUT2D eigenvalue weighted by molar-refractivity contribution is -0.0806. The van der Waals surface area contributed by atoms with Crippen molar-refractivity contribution in [2.75, 3.05) is 31.6 Å². The summed E-state index contributed by atoms with van der Waals surface area (Å²) in [5.41, 5.74) is 0.999. The number of ether oxygens (including phenoxy) is 1. The molecule has 4 heterocycles. The summed E-state index contributed by atoms with van der Waals surface area (Å²) in [6.07, 6.45) is 2.91. The summed E-state index contributed by atoms with van der Waals surface area (Å²) < 4.78 is 21.9. The topological polar surface area (TPSA) is 88.3 Å². The number of benzene rings is 1. The molecule has 11 heteroatoms. The van der Waals surface area contributed by atoms with Crippen LogP contribution in [0.25, 0.3) is 10.9 Å². The first-order valence-corrected chi connectivity index (χ1v) is 12.1. The quantitative estimate of drug-likeness (QED) is 0.516. The molecule has 2 atom stereocenters. The summed E-state index contributed by atoms with van der Waals surface area (Å²) in [4.78, 5) is 11.1. The summed E-state index contributed by atoms with van der Waals surface area (Å²) in [5, 5.41) is 19.0. The van der Waals surface area contributed by atoms with Gasteiger partial charge in [-0.15, -0.1) is 0 Å². The van der Waals surface area contributed by atoms with E-state index >= 15 is 4.39 Å². The lowest BCUT2D eigenvalue weighted by atomic mass is 9.86. The highest BCUT2D eigenvalue weighted by Gasteiger charge is 2.36. The van der Waals surface area contributed by atoms with Gasteiger partial charge in [-0.2, -0.15) is 5.10 Å². The number of hydrogen-bond acceptors (Lipinski definition) is 7. The van der Waals surface area contributed by atoms with E-state index in [0.29, 0.717) is 59.5 Å². The van der Waals surface area contributed by atoms with Crippen molar-refractivity contribution < 1.29 is 14.2 Å². The molecule has 2 N–H and O–H groups in total. The van der Waals surface area contributed by atoms with Gasteiger partial charge in [-0.1, -0.05) is 23.2 Å². The minimum atomic E-state index is -1.01. The van der Waals surface area contributed by atoms with Crippen molar-refractivity contribution in [1.29, 1.82) is 0 Å². The van der Waals surface area contributed by atoms with Crippen molar-refractivity contribution in [3.05, 3.63) is 40.3 Å². The number of nitrogens with zero attached hydrogens (tertiary/aromatic N) is 5. The van der Waals surface area contributed by atoms with Gasteiger partial charge in [0.1, 0.15) is 6.17 Å². The van der Waals surface area contributed by atoms with Gasteiger partial charge in [0.25, 0.3) is 0 Å². The van der Waals surface area contributed by atoms with Crippen LogP contribution in [0, 0.1) is 0 Å². The SMILES string of the molecule is CC(C)(O)Cn1ncc(Nc2ncc3cc(Cl)c([C@H]4CCN(C5COC5)C[C@@H]4F)cc3n2)c1Cl. The van der Waals surface area contributed by atoms with Crippen molar-refractivity contribution >= 4 is 45.7 Å². The molecule has 2 saturated heterocycles. The predicted octanol–water partition coefficient (Wildman–Crippen LogP) is 4.17. The van der Waals surface area contributed by atoms with Crippen LogP contribution in [0.15, 0.2) is 24.5 Å². The van der Waals surface area contributed by atoms with E-state index in [1.165, 1.54) is 4.68 Å². The van der Waals surface area contributed by atoms with Gasteiger partial charge >= 0.3 is 0 Å². The van der Waals surface area contributed by atoms with Crippen LogP contribution in [0.2, 0.25) is 10.2 Å². The zero-order valence-corrected chi connectivity index (χ0v) is 20.5. The third-order valence-electron chi connectivity index (χ3n) is 6.37. The Labute approximate surface area is 207 Å². The first kappa shape index (κ1) is 23.7. The third kappa shape index (κ3) is 4.85. The van der Waals surface area contributed by atoms with Crippen LogP contribution in [-0.4, -0.2) is 73.9 Å². The zero-order chi connectivity index (χ0) is 24.0. The van der Waals surface area contributed by atoms with Crippen LogP contribution in [-0.2, 0) is 11.3 Å². The monoisotopic (exact) mass is 508 g/mol. The van der Waals surface area contributed by atoms with Crippen molar-refractivity contribution in [3.8, 4) is 0 Å². The van der Waals surface area contributed by atoms with Crippen LogP contribution in [0.4, 0.5) is 16.0 Å². The van der Waals surface area contributed by atoms with Crippen LogP contribution < -0.4 is 5.32 Å². The van der Waals surface area contributed by atoms with E-state index in [1.807, 2.05) is 6.07 Å². The molecule has 182 valence electrons. The molecule has 2 fully saturated rings. The number of fused-ring (bicyclic) bond motifs is 1. The second kappa shape index (κ2) is 9.20. The number of aliphatic hydroxyl groups is 1. The normalized spacial score (nSPS) is 22.2. The lowest BCUT2D eigenvalue weighted by Gasteiger charge is -2.43. The molecule has 5 rings (SSSR count). The van der Waals surface area contributed by atoms with Gasteiger partial charge in [0, 0.05) is 29.1 Å². The molecule has 0 radical (unpaired) electrons. The van der Waals surface area contributed by atoms with Gasteiger partial charge in [0.15, 0.2) is 5.15 Å². The van der Waals surface area contributed by atoms with Gasteiger partial charge in [-0.25, -0.2) is 19.0 Å². The van der Waals surface area contributed by atoms with E-state index in [4.69, 9.17) is 27.9 Å². The second-order valence-corrected chi connectivity index (χ2v) is 10.4. The molecule has 0 spiro atoms. The van der Waals surface area contributed by atoms with Crippen molar-refractivity contribution in [2.24, 2.45) is 0 Å². The molecule has 0 aliphatic carbocycles. The summed E-state index contributed by atoms with van der Waals surface area (Å²) in [5.74, 6) is 0.0529. The molecule has 3 aromatic rings. The van der Waals surface area contributed by atoms with Crippen molar-refractivity contribution in [1.82, 2.24) is 24.6 Å². The Hall–Kier alpha value is -2.04. The van der Waals surface area contributed by atoms with E-state index in [1.54, 1.807) is 32.3 Å². The fourth-order valence-corrected chi connectivity index (χ4v) is 5.02. The Kier molecular flexibility index (Phi) is 6.41. The highest BCUT2D eigenvalue weighted by atomic mass is 35.5. The molecule has 0 saturated carbocycles. The van der Waals surface area contributed by atoms with E-state index in [9.17, 15) is 5.11 Å². The van der Waals surface area contributed by atoms with E-state index in [2.05, 4.69) is 25.3 Å². The molecule has 0 bridgehead atoms. The molecule has 2 aliphatic rings. The van der Waals surface area contributed by atoms with Gasteiger partial charge in [-0.05, 0) is 44.5 Å². The highest BCUT2D eigenvalue weighted by Crippen LogP contribution is 2.38. The molecular formula is C23H27Cl2FN6O2. The average molecular weight is 509 g/mol. The van der Waals surface area contributed by atoms with Gasteiger partial charge in [-0.3, -0.25) is 4.90 Å². The number of hydrogen-bond donors (Lipinski definition) is 2. The molecule has 34 heavy (non-hydrogen) atoms.